The van der Waals surface area contributed by atoms with Crippen molar-refractivity contribution in [2.45, 2.75) is 6.04 Å². The topological polar surface area (TPSA) is 69.7 Å². The normalized spacial score (nSPS) is 15.4. The molecule has 0 bridgehead atoms. The number of ether oxygens (including phenoxy) is 2. The molecule has 1 unspecified atom stereocenters. The third-order valence-corrected chi connectivity index (χ3v) is 2.94. The minimum atomic E-state index is -0.125. The summed E-state index contributed by atoms with van der Waals surface area (Å²) in [6.45, 7) is 1.16. The van der Waals surface area contributed by atoms with Gasteiger partial charge in [-0.05, 0) is 23.8 Å². The van der Waals surface area contributed by atoms with E-state index in [0.717, 1.165) is 22.6 Å². The molecule has 0 fully saturated rings. The van der Waals surface area contributed by atoms with Gasteiger partial charge in [0.2, 0.25) is 0 Å². The Balaban J connectivity index is 1.95. The van der Waals surface area contributed by atoms with Gasteiger partial charge in [-0.15, -0.1) is 0 Å². The Morgan fingerprint density at radius 1 is 1.06 bits per heavy atom. The standard InChI is InChI=1S/C13H14N2O3/c14-15-13(10-3-4-16-8-10)9-1-2-11-12(7-9)18-6-5-17-11/h1-4,7-8,13,15H,5-6,14H2. The molecule has 1 aliphatic heterocycles. The van der Waals surface area contributed by atoms with Gasteiger partial charge in [0.15, 0.2) is 11.5 Å². The summed E-state index contributed by atoms with van der Waals surface area (Å²) in [5.74, 6) is 7.13. The van der Waals surface area contributed by atoms with Crippen LogP contribution in [-0.4, -0.2) is 13.2 Å². The molecule has 0 radical (unpaired) electrons. The average molecular weight is 246 g/mol. The molecular formula is C13H14N2O3. The van der Waals surface area contributed by atoms with E-state index in [9.17, 15) is 0 Å². The molecule has 0 amide bonds. The Morgan fingerprint density at radius 3 is 2.61 bits per heavy atom. The Morgan fingerprint density at radius 2 is 1.89 bits per heavy atom. The van der Waals surface area contributed by atoms with Crippen LogP contribution in [0.4, 0.5) is 0 Å². The quantitative estimate of drug-likeness (QED) is 0.636. The lowest BCUT2D eigenvalue weighted by Crippen LogP contribution is -2.28. The first-order valence-corrected chi connectivity index (χ1v) is 5.76. The molecule has 3 rings (SSSR count). The number of nitrogens with one attached hydrogen (secondary N) is 1. The van der Waals surface area contributed by atoms with Gasteiger partial charge in [-0.3, -0.25) is 5.84 Å². The molecule has 1 atom stereocenters. The van der Waals surface area contributed by atoms with Crippen LogP contribution in [0.15, 0.2) is 41.2 Å². The van der Waals surface area contributed by atoms with E-state index in [0.29, 0.717) is 13.2 Å². The van der Waals surface area contributed by atoms with Crippen molar-refractivity contribution in [1.29, 1.82) is 0 Å². The first-order chi connectivity index (χ1) is 8.88. The van der Waals surface area contributed by atoms with Crippen LogP contribution in [0.3, 0.4) is 0 Å². The van der Waals surface area contributed by atoms with Gasteiger partial charge in [-0.2, -0.15) is 0 Å². The predicted molar refractivity (Wildman–Crippen MR) is 65.3 cm³/mol. The summed E-state index contributed by atoms with van der Waals surface area (Å²) < 4.78 is 16.1. The van der Waals surface area contributed by atoms with Crippen molar-refractivity contribution in [2.75, 3.05) is 13.2 Å². The zero-order valence-electron chi connectivity index (χ0n) is 9.76. The number of furan rings is 1. The molecule has 1 aliphatic rings. The minimum absolute atomic E-state index is 0.125. The number of hydrogen-bond acceptors (Lipinski definition) is 5. The van der Waals surface area contributed by atoms with Gasteiger partial charge in [0.05, 0.1) is 18.6 Å². The molecule has 2 aromatic rings. The third kappa shape index (κ3) is 1.94. The summed E-state index contributed by atoms with van der Waals surface area (Å²) in [6.07, 6.45) is 3.29. The van der Waals surface area contributed by atoms with Crippen molar-refractivity contribution >= 4 is 0 Å². The van der Waals surface area contributed by atoms with E-state index in [-0.39, 0.29) is 6.04 Å². The summed E-state index contributed by atoms with van der Waals surface area (Å²) >= 11 is 0. The lowest BCUT2D eigenvalue weighted by molar-refractivity contribution is 0.171. The second-order valence-corrected chi connectivity index (χ2v) is 4.06. The molecule has 5 nitrogen and oxygen atoms in total. The molecule has 0 aliphatic carbocycles. The molecule has 0 saturated heterocycles. The molecule has 3 N–H and O–H groups in total. The van der Waals surface area contributed by atoms with Crippen LogP contribution in [0.25, 0.3) is 0 Å². The summed E-state index contributed by atoms with van der Waals surface area (Å²) in [6, 6.07) is 7.55. The largest absolute Gasteiger partial charge is 0.486 e. The van der Waals surface area contributed by atoms with Gasteiger partial charge in [0.1, 0.15) is 13.2 Å². The summed E-state index contributed by atoms with van der Waals surface area (Å²) in [5.41, 5.74) is 4.74. The molecule has 0 spiro atoms. The SMILES string of the molecule is NNC(c1ccoc1)c1ccc2c(c1)OCCO2. The Hall–Kier alpha value is -1.98. The van der Waals surface area contributed by atoms with Crippen LogP contribution >= 0.6 is 0 Å². The zero-order chi connectivity index (χ0) is 12.4. The number of rotatable bonds is 3. The Kier molecular flexibility index (Phi) is 2.92. The van der Waals surface area contributed by atoms with Crippen molar-refractivity contribution < 1.29 is 13.9 Å². The first kappa shape index (κ1) is 11.1. The third-order valence-electron chi connectivity index (χ3n) is 2.94. The molecule has 18 heavy (non-hydrogen) atoms. The fourth-order valence-electron chi connectivity index (χ4n) is 2.06. The minimum Gasteiger partial charge on any atom is -0.486 e. The highest BCUT2D eigenvalue weighted by atomic mass is 16.6. The van der Waals surface area contributed by atoms with Crippen molar-refractivity contribution in [2.24, 2.45) is 5.84 Å². The van der Waals surface area contributed by atoms with E-state index in [1.807, 2.05) is 24.3 Å². The maximum absolute atomic E-state index is 5.61. The van der Waals surface area contributed by atoms with Crippen molar-refractivity contribution in [3.63, 3.8) is 0 Å². The fourth-order valence-corrected chi connectivity index (χ4v) is 2.06. The molecule has 1 aromatic carbocycles. The van der Waals surface area contributed by atoms with Crippen LogP contribution in [0.5, 0.6) is 11.5 Å². The average Bonchev–Trinajstić information content (AvgIpc) is 2.93. The number of fused-ring (bicyclic) bond motifs is 1. The van der Waals surface area contributed by atoms with Crippen LogP contribution in [0, 0.1) is 0 Å². The van der Waals surface area contributed by atoms with E-state index in [1.165, 1.54) is 0 Å². The summed E-state index contributed by atoms with van der Waals surface area (Å²) in [4.78, 5) is 0. The first-order valence-electron chi connectivity index (χ1n) is 5.76. The molecule has 2 heterocycles. The van der Waals surface area contributed by atoms with E-state index in [1.54, 1.807) is 12.5 Å². The van der Waals surface area contributed by atoms with Gasteiger partial charge >= 0.3 is 0 Å². The van der Waals surface area contributed by atoms with E-state index < -0.39 is 0 Å². The second-order valence-electron chi connectivity index (χ2n) is 4.06. The maximum atomic E-state index is 5.61. The lowest BCUT2D eigenvalue weighted by atomic mass is 10.0. The molecule has 5 heteroatoms. The highest BCUT2D eigenvalue weighted by Gasteiger charge is 2.18. The molecule has 1 aromatic heterocycles. The van der Waals surface area contributed by atoms with E-state index in [4.69, 9.17) is 19.7 Å². The smallest absolute Gasteiger partial charge is 0.161 e. The van der Waals surface area contributed by atoms with Crippen molar-refractivity contribution in [3.8, 4) is 11.5 Å². The maximum Gasteiger partial charge on any atom is 0.161 e. The zero-order valence-corrected chi connectivity index (χ0v) is 9.76. The molecule has 0 saturated carbocycles. The van der Waals surface area contributed by atoms with Crippen LogP contribution < -0.4 is 20.7 Å². The molecular weight excluding hydrogens is 232 g/mol. The predicted octanol–water partition coefficient (Wildman–Crippen LogP) is 1.60. The number of hydrogen-bond donors (Lipinski definition) is 2. The van der Waals surface area contributed by atoms with Gasteiger partial charge in [-0.25, -0.2) is 5.43 Å². The highest BCUT2D eigenvalue weighted by Crippen LogP contribution is 2.34. The van der Waals surface area contributed by atoms with Crippen molar-refractivity contribution in [3.05, 3.63) is 47.9 Å². The van der Waals surface area contributed by atoms with Crippen LogP contribution in [0.2, 0.25) is 0 Å². The van der Waals surface area contributed by atoms with Gasteiger partial charge < -0.3 is 13.9 Å². The van der Waals surface area contributed by atoms with E-state index >= 15 is 0 Å². The monoisotopic (exact) mass is 246 g/mol. The van der Waals surface area contributed by atoms with Gasteiger partial charge in [0, 0.05) is 5.56 Å². The van der Waals surface area contributed by atoms with E-state index in [2.05, 4.69) is 5.43 Å². The Bertz CT molecular complexity index is 525. The summed E-state index contributed by atoms with van der Waals surface area (Å²) in [5, 5.41) is 0. The Labute approximate surface area is 104 Å². The van der Waals surface area contributed by atoms with Gasteiger partial charge in [-0.1, -0.05) is 6.07 Å². The van der Waals surface area contributed by atoms with Gasteiger partial charge in [0.25, 0.3) is 0 Å². The van der Waals surface area contributed by atoms with Crippen LogP contribution in [-0.2, 0) is 0 Å². The van der Waals surface area contributed by atoms with Crippen molar-refractivity contribution in [1.82, 2.24) is 5.43 Å². The number of benzene rings is 1. The number of nitrogens with two attached hydrogens (primary N) is 1. The fraction of sp³-hybridized carbons (Fsp3) is 0.231. The summed E-state index contributed by atoms with van der Waals surface area (Å²) in [7, 11) is 0. The lowest BCUT2D eigenvalue weighted by Gasteiger charge is -2.21. The second kappa shape index (κ2) is 4.72. The highest BCUT2D eigenvalue weighted by molar-refractivity contribution is 5.46. The number of hydrazine groups is 1. The van der Waals surface area contributed by atoms with Crippen LogP contribution in [0.1, 0.15) is 17.2 Å². The molecule has 94 valence electrons.